The molecular weight excluding hydrogens is 350 g/mol. The maximum atomic E-state index is 10.5. The number of hydrogen-bond donors (Lipinski definition) is 2. The Balaban J connectivity index is 1.27. The zero-order chi connectivity index (χ0) is 19.0. The van der Waals surface area contributed by atoms with E-state index in [0.29, 0.717) is 6.54 Å². The smallest absolute Gasteiger partial charge is 0.147 e. The van der Waals surface area contributed by atoms with Crippen LogP contribution in [-0.2, 0) is 6.54 Å². The summed E-state index contributed by atoms with van der Waals surface area (Å²) < 4.78 is 0. The molecule has 1 atom stereocenters. The number of β-amino-alcohol motifs (C(OH)–C–C–N with tert-alkyl or cyclic N) is 1. The summed E-state index contributed by atoms with van der Waals surface area (Å²) in [6, 6.07) is 8.68. The van der Waals surface area contributed by atoms with Crippen LogP contribution in [0.2, 0.25) is 0 Å². The molecule has 146 valence electrons. The van der Waals surface area contributed by atoms with Gasteiger partial charge in [0, 0.05) is 49.1 Å². The molecule has 28 heavy (non-hydrogen) atoms. The molecule has 6 heteroatoms. The minimum absolute atomic E-state index is 0.172. The van der Waals surface area contributed by atoms with Gasteiger partial charge in [0.1, 0.15) is 5.82 Å². The third-order valence-electron chi connectivity index (χ3n) is 6.50. The van der Waals surface area contributed by atoms with Gasteiger partial charge in [-0.2, -0.15) is 0 Å². The Morgan fingerprint density at radius 1 is 1.18 bits per heavy atom. The van der Waals surface area contributed by atoms with Gasteiger partial charge in [0.25, 0.3) is 0 Å². The lowest BCUT2D eigenvalue weighted by Crippen LogP contribution is -2.54. The highest BCUT2D eigenvalue weighted by Gasteiger charge is 2.41. The normalized spacial score (nSPS) is 22.8. The number of H-pyrrole nitrogens is 1. The van der Waals surface area contributed by atoms with Crippen LogP contribution in [0, 0.1) is 5.41 Å². The third-order valence-corrected chi connectivity index (χ3v) is 6.50. The number of rotatable bonds is 3. The first-order chi connectivity index (χ1) is 13.7. The summed E-state index contributed by atoms with van der Waals surface area (Å²) >= 11 is 0. The molecule has 1 unspecified atom stereocenters. The fourth-order valence-electron chi connectivity index (χ4n) is 5.06. The first-order valence-electron chi connectivity index (χ1n) is 10.2. The number of aliphatic hydroxyl groups is 1. The van der Waals surface area contributed by atoms with E-state index in [0.717, 1.165) is 51.3 Å². The fourth-order valence-corrected chi connectivity index (χ4v) is 5.06. The number of fused-ring (bicyclic) bond motifs is 1. The van der Waals surface area contributed by atoms with Gasteiger partial charge in [-0.05, 0) is 55.5 Å². The molecule has 0 bridgehead atoms. The number of aromatic amines is 1. The highest BCUT2D eigenvalue weighted by molar-refractivity contribution is 5.82. The standard InChI is InChI=1S/C22H27N5O/c28-18-12-22(16-27(15-18)21-13-23-8-9-25-21)5-10-26(11-6-22)14-17-2-1-3-20-19(17)4-7-24-20/h1-4,7-9,13,18,24,28H,5-6,10-12,14-16H2. The summed E-state index contributed by atoms with van der Waals surface area (Å²) in [5.74, 6) is 0.877. The van der Waals surface area contributed by atoms with Crippen molar-refractivity contribution in [2.45, 2.75) is 31.9 Å². The monoisotopic (exact) mass is 377 g/mol. The highest BCUT2D eigenvalue weighted by atomic mass is 16.3. The molecule has 0 aliphatic carbocycles. The molecule has 0 radical (unpaired) electrons. The first kappa shape index (κ1) is 17.6. The van der Waals surface area contributed by atoms with Crippen molar-refractivity contribution in [2.24, 2.45) is 5.41 Å². The minimum atomic E-state index is -0.295. The SMILES string of the molecule is OC1CN(c2cnccn2)CC2(CCN(Cc3cccc4[nH]ccc34)CC2)C1. The van der Waals surface area contributed by atoms with Crippen LogP contribution in [0.1, 0.15) is 24.8 Å². The second-order valence-corrected chi connectivity index (χ2v) is 8.43. The predicted octanol–water partition coefficient (Wildman–Crippen LogP) is 2.81. The molecule has 0 saturated carbocycles. The van der Waals surface area contributed by atoms with Crippen LogP contribution in [0.4, 0.5) is 5.82 Å². The van der Waals surface area contributed by atoms with Crippen LogP contribution in [0.3, 0.4) is 0 Å². The van der Waals surface area contributed by atoms with E-state index in [2.05, 4.69) is 49.0 Å². The zero-order valence-electron chi connectivity index (χ0n) is 16.1. The van der Waals surface area contributed by atoms with Crippen LogP contribution >= 0.6 is 0 Å². The zero-order valence-corrected chi connectivity index (χ0v) is 16.1. The minimum Gasteiger partial charge on any atom is -0.391 e. The van der Waals surface area contributed by atoms with Crippen LogP contribution < -0.4 is 4.90 Å². The van der Waals surface area contributed by atoms with Gasteiger partial charge < -0.3 is 15.0 Å². The highest BCUT2D eigenvalue weighted by Crippen LogP contribution is 2.41. The summed E-state index contributed by atoms with van der Waals surface area (Å²) in [6.07, 6.45) is 10.1. The van der Waals surface area contributed by atoms with Gasteiger partial charge in [-0.15, -0.1) is 0 Å². The molecule has 6 nitrogen and oxygen atoms in total. The van der Waals surface area contributed by atoms with Gasteiger partial charge in [-0.3, -0.25) is 9.88 Å². The van der Waals surface area contributed by atoms with Crippen molar-refractivity contribution in [3.05, 3.63) is 54.6 Å². The molecule has 1 spiro atoms. The number of benzene rings is 1. The Kier molecular flexibility index (Phi) is 4.53. The first-order valence-corrected chi connectivity index (χ1v) is 10.2. The van der Waals surface area contributed by atoms with Crippen molar-refractivity contribution in [3.8, 4) is 0 Å². The summed E-state index contributed by atoms with van der Waals surface area (Å²) in [5.41, 5.74) is 2.77. The molecule has 3 aromatic rings. The van der Waals surface area contributed by atoms with Crippen LogP contribution in [0.15, 0.2) is 49.1 Å². The van der Waals surface area contributed by atoms with Gasteiger partial charge in [-0.25, -0.2) is 4.98 Å². The third kappa shape index (κ3) is 3.38. The molecule has 1 aromatic carbocycles. The van der Waals surface area contributed by atoms with Crippen molar-refractivity contribution in [3.63, 3.8) is 0 Å². The Labute approximate surface area is 165 Å². The second kappa shape index (κ2) is 7.18. The molecular formula is C22H27N5O. The predicted molar refractivity (Wildman–Crippen MR) is 110 cm³/mol. The van der Waals surface area contributed by atoms with E-state index >= 15 is 0 Å². The summed E-state index contributed by atoms with van der Waals surface area (Å²) in [4.78, 5) is 16.7. The van der Waals surface area contributed by atoms with Gasteiger partial charge in [0.05, 0.1) is 12.3 Å². The van der Waals surface area contributed by atoms with E-state index in [9.17, 15) is 5.11 Å². The number of nitrogens with zero attached hydrogens (tertiary/aromatic N) is 4. The molecule has 4 heterocycles. The van der Waals surface area contributed by atoms with Crippen molar-refractivity contribution in [2.75, 3.05) is 31.1 Å². The van der Waals surface area contributed by atoms with Crippen molar-refractivity contribution in [1.29, 1.82) is 0 Å². The average molecular weight is 377 g/mol. The van der Waals surface area contributed by atoms with E-state index in [1.807, 2.05) is 6.20 Å². The molecule has 2 aliphatic rings. The molecule has 2 N–H and O–H groups in total. The van der Waals surface area contributed by atoms with Gasteiger partial charge >= 0.3 is 0 Å². The van der Waals surface area contributed by atoms with E-state index in [4.69, 9.17) is 0 Å². The summed E-state index contributed by atoms with van der Waals surface area (Å²) in [7, 11) is 0. The van der Waals surface area contributed by atoms with Gasteiger partial charge in [0.15, 0.2) is 0 Å². The lowest BCUT2D eigenvalue weighted by atomic mass is 9.71. The number of likely N-dealkylation sites (tertiary alicyclic amines) is 1. The molecule has 2 saturated heterocycles. The van der Waals surface area contributed by atoms with Crippen molar-refractivity contribution < 1.29 is 5.11 Å². The van der Waals surface area contributed by atoms with Gasteiger partial charge in [-0.1, -0.05) is 12.1 Å². The number of piperidine rings is 2. The molecule has 2 aromatic heterocycles. The van der Waals surface area contributed by atoms with Crippen LogP contribution in [-0.4, -0.2) is 57.2 Å². The van der Waals surface area contributed by atoms with E-state index in [1.165, 1.54) is 16.5 Å². The number of nitrogens with one attached hydrogen (secondary N) is 1. The fraction of sp³-hybridized carbons (Fsp3) is 0.455. The van der Waals surface area contributed by atoms with Crippen molar-refractivity contribution >= 4 is 16.7 Å². The Bertz CT molecular complexity index is 932. The topological polar surface area (TPSA) is 68.3 Å². The Morgan fingerprint density at radius 2 is 2.07 bits per heavy atom. The maximum Gasteiger partial charge on any atom is 0.147 e. The largest absolute Gasteiger partial charge is 0.391 e. The summed E-state index contributed by atoms with van der Waals surface area (Å²) in [5, 5.41) is 11.9. The number of aromatic nitrogens is 3. The Morgan fingerprint density at radius 3 is 2.89 bits per heavy atom. The lowest BCUT2D eigenvalue weighted by Gasteiger charge is -2.49. The number of hydrogen-bond acceptors (Lipinski definition) is 5. The number of aliphatic hydroxyl groups excluding tert-OH is 1. The van der Waals surface area contributed by atoms with Crippen molar-refractivity contribution in [1.82, 2.24) is 19.9 Å². The second-order valence-electron chi connectivity index (χ2n) is 8.43. The lowest BCUT2D eigenvalue weighted by molar-refractivity contribution is 0.0245. The molecule has 2 fully saturated rings. The van der Waals surface area contributed by atoms with E-state index in [1.54, 1.807) is 18.6 Å². The maximum absolute atomic E-state index is 10.5. The molecule has 5 rings (SSSR count). The molecule has 2 aliphatic heterocycles. The number of anilines is 1. The van der Waals surface area contributed by atoms with Crippen LogP contribution in [0.5, 0.6) is 0 Å². The Hall–Kier alpha value is -2.44. The van der Waals surface area contributed by atoms with Gasteiger partial charge in [0.2, 0.25) is 0 Å². The average Bonchev–Trinajstić information content (AvgIpc) is 3.20. The van der Waals surface area contributed by atoms with E-state index < -0.39 is 0 Å². The van der Waals surface area contributed by atoms with E-state index in [-0.39, 0.29) is 11.5 Å². The van der Waals surface area contributed by atoms with Crippen LogP contribution in [0.25, 0.3) is 10.9 Å². The molecule has 0 amide bonds. The summed E-state index contributed by atoms with van der Waals surface area (Å²) in [6.45, 7) is 4.75. The quantitative estimate of drug-likeness (QED) is 0.735.